The molecule has 0 aromatic heterocycles. The van der Waals surface area contributed by atoms with Gasteiger partial charge in [0.25, 0.3) is 0 Å². The number of nitrogens with two attached hydrogens (primary N) is 1. The molecular formula is C16H19NO4. The third-order valence-corrected chi connectivity index (χ3v) is 2.76. The molecule has 0 amide bonds. The summed E-state index contributed by atoms with van der Waals surface area (Å²) >= 11 is 0. The average Bonchev–Trinajstić information content (AvgIpc) is 2.52. The lowest BCUT2D eigenvalue weighted by atomic mass is 10.0. The van der Waals surface area contributed by atoms with Crippen LogP contribution in [0.15, 0.2) is 55.1 Å². The molecule has 21 heavy (non-hydrogen) atoms. The van der Waals surface area contributed by atoms with Crippen LogP contribution in [-0.4, -0.2) is 24.6 Å². The monoisotopic (exact) mass is 289 g/mol. The quantitative estimate of drug-likeness (QED) is 0.470. The van der Waals surface area contributed by atoms with E-state index in [9.17, 15) is 9.59 Å². The Balaban J connectivity index is 2.80. The zero-order valence-electron chi connectivity index (χ0n) is 12.0. The van der Waals surface area contributed by atoms with Crippen LogP contribution in [-0.2, 0) is 25.7 Å². The number of hydrogen-bond acceptors (Lipinski definition) is 5. The second-order valence-electron chi connectivity index (χ2n) is 4.35. The zero-order chi connectivity index (χ0) is 15.7. The highest BCUT2D eigenvalue weighted by atomic mass is 16.6. The van der Waals surface area contributed by atoms with E-state index in [2.05, 4.69) is 11.3 Å². The number of methoxy groups -OCH3 is 1. The van der Waals surface area contributed by atoms with Crippen molar-refractivity contribution in [3.05, 3.63) is 60.7 Å². The standard InChI is InChI=1S/C16H19NO4/c1-3-4-8-11-16(17,14(18)20-2)15(19)21-12-13-9-6-5-7-10-13/h3,5-11H,1,4,12,17H2,2H3. The van der Waals surface area contributed by atoms with Crippen molar-refractivity contribution in [3.8, 4) is 0 Å². The first-order chi connectivity index (χ1) is 10.0. The van der Waals surface area contributed by atoms with Gasteiger partial charge in [0.05, 0.1) is 7.11 Å². The lowest BCUT2D eigenvalue weighted by Crippen LogP contribution is -2.54. The van der Waals surface area contributed by atoms with Crippen molar-refractivity contribution >= 4 is 11.9 Å². The van der Waals surface area contributed by atoms with E-state index in [1.54, 1.807) is 24.3 Å². The predicted octanol–water partition coefficient (Wildman–Crippen LogP) is 1.73. The van der Waals surface area contributed by atoms with Crippen LogP contribution in [0.4, 0.5) is 0 Å². The van der Waals surface area contributed by atoms with Gasteiger partial charge in [-0.15, -0.1) is 6.58 Å². The minimum absolute atomic E-state index is 0.0327. The summed E-state index contributed by atoms with van der Waals surface area (Å²) in [6.07, 6.45) is 4.92. The average molecular weight is 289 g/mol. The van der Waals surface area contributed by atoms with E-state index in [1.807, 2.05) is 18.2 Å². The maximum atomic E-state index is 12.1. The number of carbonyl (C=O) groups is 2. The molecule has 0 aliphatic rings. The van der Waals surface area contributed by atoms with E-state index < -0.39 is 17.5 Å². The molecule has 2 N–H and O–H groups in total. The van der Waals surface area contributed by atoms with Crippen LogP contribution in [0, 0.1) is 0 Å². The summed E-state index contributed by atoms with van der Waals surface area (Å²) in [6.45, 7) is 3.57. The largest absolute Gasteiger partial charge is 0.467 e. The summed E-state index contributed by atoms with van der Waals surface area (Å²) in [6, 6.07) is 9.10. The summed E-state index contributed by atoms with van der Waals surface area (Å²) in [4.78, 5) is 23.9. The Morgan fingerprint density at radius 1 is 1.29 bits per heavy atom. The second-order valence-corrected chi connectivity index (χ2v) is 4.35. The van der Waals surface area contributed by atoms with E-state index in [-0.39, 0.29) is 6.61 Å². The van der Waals surface area contributed by atoms with Gasteiger partial charge in [-0.05, 0) is 18.1 Å². The summed E-state index contributed by atoms with van der Waals surface area (Å²) < 4.78 is 9.68. The van der Waals surface area contributed by atoms with Gasteiger partial charge < -0.3 is 15.2 Å². The van der Waals surface area contributed by atoms with Crippen LogP contribution in [0.25, 0.3) is 0 Å². The van der Waals surface area contributed by atoms with Gasteiger partial charge in [0.1, 0.15) is 6.61 Å². The van der Waals surface area contributed by atoms with Crippen LogP contribution in [0.2, 0.25) is 0 Å². The Hall–Kier alpha value is -2.40. The van der Waals surface area contributed by atoms with Crippen molar-refractivity contribution in [1.29, 1.82) is 0 Å². The first-order valence-electron chi connectivity index (χ1n) is 6.41. The Bertz CT molecular complexity index is 524. The van der Waals surface area contributed by atoms with Gasteiger partial charge in [0.2, 0.25) is 5.54 Å². The number of allylic oxidation sites excluding steroid dienone is 2. The number of esters is 2. The minimum Gasteiger partial charge on any atom is -0.467 e. The van der Waals surface area contributed by atoms with E-state index in [0.29, 0.717) is 6.42 Å². The zero-order valence-corrected chi connectivity index (χ0v) is 12.0. The maximum Gasteiger partial charge on any atom is 0.342 e. The highest BCUT2D eigenvalue weighted by Crippen LogP contribution is 2.12. The van der Waals surface area contributed by atoms with Crippen molar-refractivity contribution < 1.29 is 19.1 Å². The van der Waals surface area contributed by atoms with Crippen LogP contribution >= 0.6 is 0 Å². The molecule has 5 heteroatoms. The van der Waals surface area contributed by atoms with Gasteiger partial charge in [-0.2, -0.15) is 0 Å². The lowest BCUT2D eigenvalue weighted by molar-refractivity contribution is -0.160. The minimum atomic E-state index is -1.95. The summed E-state index contributed by atoms with van der Waals surface area (Å²) in [5.41, 5.74) is 4.68. The Labute approximate surface area is 124 Å². The van der Waals surface area contributed by atoms with Crippen molar-refractivity contribution in [1.82, 2.24) is 0 Å². The van der Waals surface area contributed by atoms with Crippen LogP contribution < -0.4 is 5.73 Å². The Morgan fingerprint density at radius 3 is 2.52 bits per heavy atom. The molecular weight excluding hydrogens is 270 g/mol. The molecule has 1 unspecified atom stereocenters. The first kappa shape index (κ1) is 16.7. The van der Waals surface area contributed by atoms with Crippen molar-refractivity contribution in [2.75, 3.05) is 7.11 Å². The molecule has 1 aromatic carbocycles. The van der Waals surface area contributed by atoms with E-state index in [0.717, 1.165) is 12.7 Å². The number of benzene rings is 1. The Morgan fingerprint density at radius 2 is 1.95 bits per heavy atom. The van der Waals surface area contributed by atoms with Crippen LogP contribution in [0.1, 0.15) is 12.0 Å². The second kappa shape index (κ2) is 8.01. The van der Waals surface area contributed by atoms with Gasteiger partial charge in [-0.1, -0.05) is 42.5 Å². The van der Waals surface area contributed by atoms with Gasteiger partial charge in [0.15, 0.2) is 0 Å². The lowest BCUT2D eigenvalue weighted by Gasteiger charge is -2.21. The molecule has 5 nitrogen and oxygen atoms in total. The Kier molecular flexibility index (Phi) is 6.36. The maximum absolute atomic E-state index is 12.1. The highest BCUT2D eigenvalue weighted by molar-refractivity contribution is 6.07. The number of rotatable bonds is 7. The molecule has 0 spiro atoms. The fourth-order valence-electron chi connectivity index (χ4n) is 1.58. The molecule has 1 rings (SSSR count). The topological polar surface area (TPSA) is 78.6 Å². The van der Waals surface area contributed by atoms with Crippen molar-refractivity contribution in [3.63, 3.8) is 0 Å². The summed E-state index contributed by atoms with van der Waals surface area (Å²) in [5.74, 6) is -1.74. The van der Waals surface area contributed by atoms with E-state index in [1.165, 1.54) is 6.08 Å². The third kappa shape index (κ3) is 4.57. The number of ether oxygens (including phenoxy) is 2. The molecule has 0 fully saturated rings. The fraction of sp³-hybridized carbons (Fsp3) is 0.250. The first-order valence-corrected chi connectivity index (χ1v) is 6.41. The van der Waals surface area contributed by atoms with E-state index >= 15 is 0 Å². The number of carbonyl (C=O) groups excluding carboxylic acids is 2. The molecule has 0 radical (unpaired) electrons. The predicted molar refractivity (Wildman–Crippen MR) is 79.1 cm³/mol. The molecule has 1 aromatic rings. The molecule has 0 bridgehead atoms. The van der Waals surface area contributed by atoms with Gasteiger partial charge in [-0.3, -0.25) is 0 Å². The molecule has 0 aliphatic carbocycles. The van der Waals surface area contributed by atoms with Crippen molar-refractivity contribution in [2.45, 2.75) is 18.6 Å². The smallest absolute Gasteiger partial charge is 0.342 e. The molecule has 112 valence electrons. The highest BCUT2D eigenvalue weighted by Gasteiger charge is 2.42. The molecule has 0 heterocycles. The molecule has 0 aliphatic heterocycles. The molecule has 0 saturated carbocycles. The third-order valence-electron chi connectivity index (χ3n) is 2.76. The van der Waals surface area contributed by atoms with Crippen LogP contribution in [0.3, 0.4) is 0 Å². The van der Waals surface area contributed by atoms with Gasteiger partial charge in [-0.25, -0.2) is 9.59 Å². The number of hydrogen-bond donors (Lipinski definition) is 1. The summed E-state index contributed by atoms with van der Waals surface area (Å²) in [5, 5.41) is 0. The van der Waals surface area contributed by atoms with E-state index in [4.69, 9.17) is 10.5 Å². The fourth-order valence-corrected chi connectivity index (χ4v) is 1.58. The summed E-state index contributed by atoms with van der Waals surface area (Å²) in [7, 11) is 1.16. The molecule has 1 atom stereocenters. The van der Waals surface area contributed by atoms with Crippen LogP contribution in [0.5, 0.6) is 0 Å². The van der Waals surface area contributed by atoms with Crippen molar-refractivity contribution in [2.24, 2.45) is 5.73 Å². The molecule has 0 saturated heterocycles. The van der Waals surface area contributed by atoms with Gasteiger partial charge in [0, 0.05) is 0 Å². The van der Waals surface area contributed by atoms with Gasteiger partial charge >= 0.3 is 11.9 Å². The SMILES string of the molecule is C=CCC=CC(N)(C(=O)OC)C(=O)OCc1ccccc1. The normalized spacial score (nSPS) is 13.4.